The van der Waals surface area contributed by atoms with Crippen LogP contribution in [0.5, 0.6) is 5.75 Å². The van der Waals surface area contributed by atoms with Crippen LogP contribution in [0.2, 0.25) is 0 Å². The number of thiophene rings is 1. The van der Waals surface area contributed by atoms with Crippen molar-refractivity contribution >= 4 is 32.5 Å². The van der Waals surface area contributed by atoms with Crippen molar-refractivity contribution in [1.82, 2.24) is 9.55 Å². The second-order valence-electron chi connectivity index (χ2n) is 7.33. The van der Waals surface area contributed by atoms with E-state index in [1.165, 1.54) is 28.3 Å². The topological polar surface area (TPSA) is 74.3 Å². The van der Waals surface area contributed by atoms with Crippen LogP contribution in [0.4, 0.5) is 0 Å². The quantitative estimate of drug-likeness (QED) is 0.390. The minimum absolute atomic E-state index is 0.142. The molecule has 0 fully saturated rings. The van der Waals surface area contributed by atoms with Crippen molar-refractivity contribution in [3.8, 4) is 16.9 Å². The van der Waals surface area contributed by atoms with E-state index >= 15 is 0 Å². The van der Waals surface area contributed by atoms with Gasteiger partial charge in [-0.3, -0.25) is 9.36 Å². The molecule has 7 heteroatoms. The Bertz CT molecular complexity index is 1540. The zero-order valence-electron chi connectivity index (χ0n) is 16.9. The standard InChI is InChI=1S/C24H18N2O4S/c1-14-3-5-15(6-4-14)19-12-31-23-22(19)24(28)26(13-25-23)11-16-9-21(27)30-20-10-17(29-2)7-8-18(16)20/h3-10,12-13H,11H2,1-2H3. The Morgan fingerprint density at radius 2 is 1.90 bits per heavy atom. The summed E-state index contributed by atoms with van der Waals surface area (Å²) in [4.78, 5) is 30.7. The number of fused-ring (bicyclic) bond motifs is 2. The number of nitrogens with zero attached hydrogens (tertiary/aromatic N) is 2. The summed E-state index contributed by atoms with van der Waals surface area (Å²) in [6.45, 7) is 2.24. The van der Waals surface area contributed by atoms with Crippen molar-refractivity contribution in [2.45, 2.75) is 13.5 Å². The van der Waals surface area contributed by atoms with Crippen LogP contribution in [0.1, 0.15) is 11.1 Å². The summed E-state index contributed by atoms with van der Waals surface area (Å²) >= 11 is 1.45. The lowest BCUT2D eigenvalue weighted by molar-refractivity contribution is 0.414. The van der Waals surface area contributed by atoms with E-state index in [9.17, 15) is 9.59 Å². The molecule has 0 aliphatic carbocycles. The van der Waals surface area contributed by atoms with Gasteiger partial charge in [0.05, 0.1) is 25.4 Å². The van der Waals surface area contributed by atoms with E-state index in [4.69, 9.17) is 9.15 Å². The van der Waals surface area contributed by atoms with Crippen LogP contribution in [0.15, 0.2) is 74.2 Å². The fourth-order valence-corrected chi connectivity index (χ4v) is 4.58. The Morgan fingerprint density at radius 1 is 1.10 bits per heavy atom. The number of methoxy groups -OCH3 is 1. The van der Waals surface area contributed by atoms with E-state index in [2.05, 4.69) is 4.98 Å². The molecule has 0 N–H and O–H groups in total. The molecule has 3 aromatic heterocycles. The molecule has 0 saturated carbocycles. The van der Waals surface area contributed by atoms with Gasteiger partial charge >= 0.3 is 5.63 Å². The van der Waals surface area contributed by atoms with Crippen molar-refractivity contribution in [1.29, 1.82) is 0 Å². The van der Waals surface area contributed by atoms with Crippen molar-refractivity contribution in [2.75, 3.05) is 7.11 Å². The third kappa shape index (κ3) is 3.43. The molecule has 0 aliphatic heterocycles. The molecule has 0 aliphatic rings. The zero-order valence-corrected chi connectivity index (χ0v) is 17.7. The Kier molecular flexibility index (Phi) is 4.67. The molecule has 5 rings (SSSR count). The minimum Gasteiger partial charge on any atom is -0.497 e. The maximum Gasteiger partial charge on any atom is 0.336 e. The van der Waals surface area contributed by atoms with Crippen LogP contribution in [0.3, 0.4) is 0 Å². The summed E-state index contributed by atoms with van der Waals surface area (Å²) in [5, 5.41) is 3.30. The van der Waals surface area contributed by atoms with Gasteiger partial charge < -0.3 is 9.15 Å². The highest BCUT2D eigenvalue weighted by atomic mass is 32.1. The van der Waals surface area contributed by atoms with Gasteiger partial charge in [-0.05, 0) is 30.2 Å². The summed E-state index contributed by atoms with van der Waals surface area (Å²) in [6, 6.07) is 14.8. The number of hydrogen-bond acceptors (Lipinski definition) is 6. The Balaban J connectivity index is 1.64. The third-order valence-corrected chi connectivity index (χ3v) is 6.19. The lowest BCUT2D eigenvalue weighted by atomic mass is 10.0. The minimum atomic E-state index is -0.478. The van der Waals surface area contributed by atoms with Crippen molar-refractivity contribution in [2.24, 2.45) is 0 Å². The Morgan fingerprint density at radius 3 is 2.68 bits per heavy atom. The predicted octanol–water partition coefficient (Wildman–Crippen LogP) is 4.60. The second kappa shape index (κ2) is 7.52. The summed E-state index contributed by atoms with van der Waals surface area (Å²) in [5.41, 5.74) is 3.49. The molecule has 0 bridgehead atoms. The number of rotatable bonds is 4. The van der Waals surface area contributed by atoms with Crippen LogP contribution in [0.25, 0.3) is 32.3 Å². The molecular weight excluding hydrogens is 412 g/mol. The molecule has 0 unspecified atom stereocenters. The fourth-order valence-electron chi connectivity index (χ4n) is 3.68. The van der Waals surface area contributed by atoms with E-state index in [-0.39, 0.29) is 12.1 Å². The van der Waals surface area contributed by atoms with Gasteiger partial charge in [-0.25, -0.2) is 9.78 Å². The average molecular weight is 430 g/mol. The summed E-state index contributed by atoms with van der Waals surface area (Å²) < 4.78 is 12.1. The van der Waals surface area contributed by atoms with Crippen LogP contribution < -0.4 is 15.9 Å². The predicted molar refractivity (Wildman–Crippen MR) is 122 cm³/mol. The van der Waals surface area contributed by atoms with Crippen molar-refractivity contribution < 1.29 is 9.15 Å². The number of aromatic nitrogens is 2. The van der Waals surface area contributed by atoms with E-state index in [0.29, 0.717) is 27.1 Å². The Hall–Kier alpha value is -3.71. The van der Waals surface area contributed by atoms with Crippen molar-refractivity contribution in [3.63, 3.8) is 0 Å². The first-order valence-corrected chi connectivity index (χ1v) is 10.6. The highest BCUT2D eigenvalue weighted by Gasteiger charge is 2.15. The van der Waals surface area contributed by atoms with Gasteiger partial charge in [-0.15, -0.1) is 11.3 Å². The molecule has 0 amide bonds. The highest BCUT2D eigenvalue weighted by Crippen LogP contribution is 2.31. The maximum absolute atomic E-state index is 13.4. The van der Waals surface area contributed by atoms with Gasteiger partial charge in [0.15, 0.2) is 0 Å². The van der Waals surface area contributed by atoms with Gasteiger partial charge in [0, 0.05) is 28.5 Å². The monoisotopic (exact) mass is 430 g/mol. The lowest BCUT2D eigenvalue weighted by Gasteiger charge is -2.09. The normalized spacial score (nSPS) is 11.3. The molecule has 154 valence electrons. The molecular formula is C24H18N2O4S. The van der Waals surface area contributed by atoms with E-state index in [1.54, 1.807) is 19.2 Å². The van der Waals surface area contributed by atoms with Crippen LogP contribution >= 0.6 is 11.3 Å². The molecule has 0 radical (unpaired) electrons. The van der Waals surface area contributed by atoms with Crippen LogP contribution in [0, 0.1) is 6.92 Å². The van der Waals surface area contributed by atoms with E-state index < -0.39 is 5.63 Å². The van der Waals surface area contributed by atoms with Crippen molar-refractivity contribution in [3.05, 3.63) is 92.1 Å². The first-order valence-electron chi connectivity index (χ1n) is 9.68. The summed E-state index contributed by atoms with van der Waals surface area (Å²) in [7, 11) is 1.55. The largest absolute Gasteiger partial charge is 0.497 e. The van der Waals surface area contributed by atoms with Gasteiger partial charge in [0.25, 0.3) is 5.56 Å². The lowest BCUT2D eigenvalue weighted by Crippen LogP contribution is -2.21. The Labute approximate surface area is 181 Å². The highest BCUT2D eigenvalue weighted by molar-refractivity contribution is 7.17. The summed E-state index contributed by atoms with van der Waals surface area (Å²) in [5.74, 6) is 0.592. The summed E-state index contributed by atoms with van der Waals surface area (Å²) in [6.07, 6.45) is 1.53. The zero-order chi connectivity index (χ0) is 21.5. The van der Waals surface area contributed by atoms with Gasteiger partial charge in [0.2, 0.25) is 0 Å². The number of hydrogen-bond donors (Lipinski definition) is 0. The molecule has 31 heavy (non-hydrogen) atoms. The smallest absolute Gasteiger partial charge is 0.336 e. The average Bonchev–Trinajstić information content (AvgIpc) is 3.20. The number of aryl methyl sites for hydroxylation is 1. The molecule has 2 aromatic carbocycles. The van der Waals surface area contributed by atoms with Gasteiger partial charge in [0.1, 0.15) is 16.2 Å². The maximum atomic E-state index is 13.4. The first kappa shape index (κ1) is 19.3. The van der Waals surface area contributed by atoms with E-state index in [0.717, 1.165) is 22.1 Å². The second-order valence-corrected chi connectivity index (χ2v) is 8.18. The molecule has 0 saturated heterocycles. The van der Waals surface area contributed by atoms with Gasteiger partial charge in [-0.1, -0.05) is 29.8 Å². The van der Waals surface area contributed by atoms with E-state index in [1.807, 2.05) is 42.6 Å². The molecule has 0 atom stereocenters. The molecule has 5 aromatic rings. The third-order valence-electron chi connectivity index (χ3n) is 5.30. The van der Waals surface area contributed by atoms with Crippen LogP contribution in [-0.4, -0.2) is 16.7 Å². The SMILES string of the molecule is COc1ccc2c(Cn3cnc4scc(-c5ccc(C)cc5)c4c3=O)cc(=O)oc2c1. The number of benzene rings is 2. The molecule has 3 heterocycles. The molecule has 0 spiro atoms. The van der Waals surface area contributed by atoms with Gasteiger partial charge in [-0.2, -0.15) is 0 Å². The first-order chi connectivity index (χ1) is 15.0. The number of ether oxygens (including phenoxy) is 1. The van der Waals surface area contributed by atoms with Crippen LogP contribution in [-0.2, 0) is 6.54 Å². The fraction of sp³-hybridized carbons (Fsp3) is 0.125. The molecule has 6 nitrogen and oxygen atoms in total.